The Balaban J connectivity index is 2.01. The Labute approximate surface area is 92.2 Å². The monoisotopic (exact) mass is 226 g/mol. The van der Waals surface area contributed by atoms with Gasteiger partial charge in [0.15, 0.2) is 0 Å². The normalized spacial score (nSPS) is 25.5. The summed E-state index contributed by atoms with van der Waals surface area (Å²) >= 11 is 1.13. The van der Waals surface area contributed by atoms with Gasteiger partial charge < -0.3 is 11.1 Å². The van der Waals surface area contributed by atoms with Crippen LogP contribution in [0, 0.1) is 6.92 Å². The summed E-state index contributed by atoms with van der Waals surface area (Å²) in [5.74, 6) is -0.0927. The van der Waals surface area contributed by atoms with Crippen molar-refractivity contribution in [1.29, 1.82) is 0 Å². The van der Waals surface area contributed by atoms with E-state index in [0.717, 1.165) is 30.8 Å². The first-order valence-electron chi connectivity index (χ1n) is 5.04. The highest BCUT2D eigenvalue weighted by atomic mass is 32.1. The van der Waals surface area contributed by atoms with Gasteiger partial charge in [0.05, 0.1) is 5.69 Å². The van der Waals surface area contributed by atoms with Crippen molar-refractivity contribution in [1.82, 2.24) is 14.9 Å². The molecule has 1 aromatic heterocycles. The Kier molecular flexibility index (Phi) is 2.97. The molecule has 5 nitrogen and oxygen atoms in total. The fourth-order valence-electron chi connectivity index (χ4n) is 1.84. The van der Waals surface area contributed by atoms with E-state index in [2.05, 4.69) is 14.9 Å². The molecule has 0 bridgehead atoms. The third kappa shape index (κ3) is 2.15. The number of nitrogens with one attached hydrogen (secondary N) is 1. The Hall–Kier alpha value is -1.01. The van der Waals surface area contributed by atoms with Gasteiger partial charge in [0.1, 0.15) is 4.88 Å². The summed E-state index contributed by atoms with van der Waals surface area (Å²) in [6, 6.07) is 0.203. The molecule has 0 aromatic carbocycles. The standard InChI is InChI=1S/C9H14N4OS/c1-5-8(15-13-12-5)9(14)11-7-4-2-3-6(7)10/h6-7H,2-4,10H2,1H3,(H,11,14). The van der Waals surface area contributed by atoms with Crippen LogP contribution in [0.15, 0.2) is 0 Å². The third-order valence-electron chi connectivity index (χ3n) is 2.74. The van der Waals surface area contributed by atoms with Crippen molar-refractivity contribution in [3.8, 4) is 0 Å². The zero-order valence-corrected chi connectivity index (χ0v) is 9.38. The highest BCUT2D eigenvalue weighted by Gasteiger charge is 2.26. The van der Waals surface area contributed by atoms with Gasteiger partial charge in [-0.15, -0.1) is 5.10 Å². The second-order valence-electron chi connectivity index (χ2n) is 3.86. The van der Waals surface area contributed by atoms with E-state index in [4.69, 9.17) is 5.73 Å². The van der Waals surface area contributed by atoms with Crippen LogP contribution in [0.3, 0.4) is 0 Å². The van der Waals surface area contributed by atoms with Gasteiger partial charge in [-0.2, -0.15) is 0 Å². The summed E-state index contributed by atoms with van der Waals surface area (Å²) in [6.45, 7) is 1.78. The number of carbonyl (C=O) groups excluding carboxylic acids is 1. The van der Waals surface area contributed by atoms with Crippen molar-refractivity contribution < 1.29 is 4.79 Å². The van der Waals surface area contributed by atoms with Gasteiger partial charge in [-0.3, -0.25) is 4.79 Å². The highest BCUT2D eigenvalue weighted by Crippen LogP contribution is 2.18. The fourth-order valence-corrected chi connectivity index (χ4v) is 2.40. The minimum Gasteiger partial charge on any atom is -0.347 e. The average Bonchev–Trinajstić information content (AvgIpc) is 2.76. The summed E-state index contributed by atoms with van der Waals surface area (Å²) < 4.78 is 3.74. The van der Waals surface area contributed by atoms with Crippen molar-refractivity contribution >= 4 is 17.4 Å². The molecule has 2 unspecified atom stereocenters. The minimum atomic E-state index is -0.0927. The maximum atomic E-state index is 11.8. The van der Waals surface area contributed by atoms with Crippen LogP contribution in [0.1, 0.15) is 34.6 Å². The molecule has 3 N–H and O–H groups in total. The van der Waals surface area contributed by atoms with E-state index in [9.17, 15) is 4.79 Å². The smallest absolute Gasteiger partial charge is 0.265 e. The number of rotatable bonds is 2. The Bertz CT molecular complexity index is 365. The molecule has 1 aliphatic rings. The Morgan fingerprint density at radius 1 is 1.60 bits per heavy atom. The van der Waals surface area contributed by atoms with E-state index in [0.29, 0.717) is 10.6 Å². The molecule has 0 spiro atoms. The minimum absolute atomic E-state index is 0.0927. The zero-order chi connectivity index (χ0) is 10.8. The SMILES string of the molecule is Cc1nnsc1C(=O)NC1CCCC1N. The number of nitrogens with zero attached hydrogens (tertiary/aromatic N) is 2. The molecule has 0 radical (unpaired) electrons. The molecule has 1 aliphatic carbocycles. The fraction of sp³-hybridized carbons (Fsp3) is 0.667. The van der Waals surface area contributed by atoms with Crippen LogP contribution >= 0.6 is 11.5 Å². The maximum Gasteiger partial charge on any atom is 0.265 e. The molecule has 2 rings (SSSR count). The number of hydrogen-bond donors (Lipinski definition) is 2. The van der Waals surface area contributed by atoms with E-state index >= 15 is 0 Å². The van der Waals surface area contributed by atoms with Crippen molar-refractivity contribution in [3.05, 3.63) is 10.6 Å². The number of amides is 1. The van der Waals surface area contributed by atoms with Crippen molar-refractivity contribution in [2.45, 2.75) is 38.3 Å². The van der Waals surface area contributed by atoms with E-state index in [-0.39, 0.29) is 18.0 Å². The van der Waals surface area contributed by atoms with E-state index < -0.39 is 0 Å². The molecular weight excluding hydrogens is 212 g/mol. The molecule has 1 aromatic rings. The van der Waals surface area contributed by atoms with Gasteiger partial charge in [0.2, 0.25) is 0 Å². The predicted molar refractivity (Wildman–Crippen MR) is 57.7 cm³/mol. The lowest BCUT2D eigenvalue weighted by Gasteiger charge is -2.16. The van der Waals surface area contributed by atoms with Crippen LogP contribution in [0.5, 0.6) is 0 Å². The molecule has 0 saturated heterocycles. The molecule has 6 heteroatoms. The highest BCUT2D eigenvalue weighted by molar-refractivity contribution is 7.08. The van der Waals surface area contributed by atoms with Gasteiger partial charge >= 0.3 is 0 Å². The zero-order valence-electron chi connectivity index (χ0n) is 8.56. The summed E-state index contributed by atoms with van der Waals surface area (Å²) in [4.78, 5) is 12.4. The van der Waals surface area contributed by atoms with Crippen LogP contribution in [-0.4, -0.2) is 27.6 Å². The van der Waals surface area contributed by atoms with Gasteiger partial charge in [-0.05, 0) is 37.7 Å². The summed E-state index contributed by atoms with van der Waals surface area (Å²) in [5.41, 5.74) is 6.56. The second kappa shape index (κ2) is 4.24. The Morgan fingerprint density at radius 2 is 2.40 bits per heavy atom. The van der Waals surface area contributed by atoms with E-state index in [1.54, 1.807) is 6.92 Å². The topological polar surface area (TPSA) is 80.9 Å². The Morgan fingerprint density at radius 3 is 2.93 bits per heavy atom. The summed E-state index contributed by atoms with van der Waals surface area (Å²) in [7, 11) is 0. The van der Waals surface area contributed by atoms with Crippen molar-refractivity contribution in [2.75, 3.05) is 0 Å². The lowest BCUT2D eigenvalue weighted by atomic mass is 10.2. The lowest BCUT2D eigenvalue weighted by molar-refractivity contribution is 0.0938. The number of aryl methyl sites for hydroxylation is 1. The second-order valence-corrected chi connectivity index (χ2v) is 4.62. The van der Waals surface area contributed by atoms with Gasteiger partial charge in [-0.25, -0.2) is 0 Å². The molecular formula is C9H14N4OS. The van der Waals surface area contributed by atoms with Gasteiger partial charge in [-0.1, -0.05) is 4.49 Å². The first kappa shape index (κ1) is 10.5. The van der Waals surface area contributed by atoms with E-state index in [1.807, 2.05) is 0 Å². The lowest BCUT2D eigenvalue weighted by Crippen LogP contribution is -2.43. The number of carbonyl (C=O) groups is 1. The molecule has 1 amide bonds. The molecule has 2 atom stereocenters. The van der Waals surface area contributed by atoms with Crippen molar-refractivity contribution in [3.63, 3.8) is 0 Å². The van der Waals surface area contributed by atoms with Crippen molar-refractivity contribution in [2.24, 2.45) is 5.73 Å². The molecule has 15 heavy (non-hydrogen) atoms. The van der Waals surface area contributed by atoms with Gasteiger partial charge in [0, 0.05) is 12.1 Å². The number of nitrogens with two attached hydrogens (primary N) is 1. The van der Waals surface area contributed by atoms with Gasteiger partial charge in [0.25, 0.3) is 5.91 Å². The number of hydrogen-bond acceptors (Lipinski definition) is 5. The largest absolute Gasteiger partial charge is 0.347 e. The predicted octanol–water partition coefficient (Wildman–Crippen LogP) is 0.456. The first-order valence-corrected chi connectivity index (χ1v) is 5.81. The third-order valence-corrected chi connectivity index (χ3v) is 3.57. The molecule has 82 valence electrons. The van der Waals surface area contributed by atoms with Crippen LogP contribution in [0.4, 0.5) is 0 Å². The quantitative estimate of drug-likeness (QED) is 0.767. The molecule has 1 fully saturated rings. The van der Waals surface area contributed by atoms with Crippen LogP contribution < -0.4 is 11.1 Å². The first-order chi connectivity index (χ1) is 7.18. The maximum absolute atomic E-state index is 11.8. The molecule has 0 aliphatic heterocycles. The van der Waals surface area contributed by atoms with Crippen LogP contribution in [-0.2, 0) is 0 Å². The van der Waals surface area contributed by atoms with Crippen LogP contribution in [0.25, 0.3) is 0 Å². The average molecular weight is 226 g/mol. The number of aromatic nitrogens is 2. The molecule has 1 saturated carbocycles. The van der Waals surface area contributed by atoms with Crippen LogP contribution in [0.2, 0.25) is 0 Å². The molecule has 1 heterocycles. The summed E-state index contributed by atoms with van der Waals surface area (Å²) in [5, 5.41) is 6.75. The summed E-state index contributed by atoms with van der Waals surface area (Å²) in [6.07, 6.45) is 3.05. The van der Waals surface area contributed by atoms with E-state index in [1.165, 1.54) is 0 Å².